The topological polar surface area (TPSA) is 34.1 Å². The van der Waals surface area contributed by atoms with Crippen molar-refractivity contribution in [3.63, 3.8) is 0 Å². The first-order valence-electron chi connectivity index (χ1n) is 6.09. The molecule has 0 radical (unpaired) electrons. The van der Waals surface area contributed by atoms with Gasteiger partial charge in [0.25, 0.3) is 0 Å². The van der Waals surface area contributed by atoms with E-state index in [2.05, 4.69) is 0 Å². The van der Waals surface area contributed by atoms with E-state index in [0.29, 0.717) is 16.4 Å². The van der Waals surface area contributed by atoms with Crippen molar-refractivity contribution in [1.82, 2.24) is 0 Å². The summed E-state index contributed by atoms with van der Waals surface area (Å²) in [5.41, 5.74) is 4.28. The number of benzene rings is 2. The summed E-state index contributed by atoms with van der Waals surface area (Å²) >= 11 is 0. The molecule has 0 aliphatic heterocycles. The number of carbonyl (C=O) groups excluding carboxylic acids is 1. The second-order valence-electron chi connectivity index (χ2n) is 4.71. The Morgan fingerprint density at radius 2 is 1.48 bits per heavy atom. The van der Waals surface area contributed by atoms with Crippen LogP contribution < -0.4 is 5.30 Å². The van der Waals surface area contributed by atoms with Crippen molar-refractivity contribution >= 4 is 78.7 Å². The molecule has 0 unspecified atom stereocenters. The maximum absolute atomic E-state index is 12.6. The summed E-state index contributed by atoms with van der Waals surface area (Å²) in [6.07, 6.45) is 0. The second-order valence-corrected chi connectivity index (χ2v) is 5.38. The maximum atomic E-state index is 12.6. The van der Waals surface area contributed by atoms with Crippen LogP contribution in [-0.4, -0.2) is 64.9 Å². The SMILES string of the molecule is Cc1cc(C)c(C(=O)c2ccccc2P=O)c(C)c1.[NaH].[NaH]. The number of rotatable bonds is 3. The number of hydrogen-bond acceptors (Lipinski definition) is 2. The van der Waals surface area contributed by atoms with Crippen LogP contribution in [0.1, 0.15) is 32.6 Å². The molecule has 0 N–H and O–H groups in total. The predicted octanol–water partition coefficient (Wildman–Crippen LogP) is 2.46. The van der Waals surface area contributed by atoms with E-state index in [1.807, 2.05) is 32.9 Å². The first-order chi connectivity index (χ1) is 9.04. The molecule has 100 valence electrons. The van der Waals surface area contributed by atoms with E-state index >= 15 is 0 Å². The van der Waals surface area contributed by atoms with E-state index in [1.165, 1.54) is 0 Å². The fourth-order valence-corrected chi connectivity index (χ4v) is 2.84. The van der Waals surface area contributed by atoms with Crippen molar-refractivity contribution < 1.29 is 9.36 Å². The standard InChI is InChI=1S/C16H15O2P.2Na.2H/c1-10-8-11(2)15(12(3)9-10)16(17)13-6-4-5-7-14(13)19-18;;;;/h4-9H,1-3H3;;;;. The number of ketones is 1. The fraction of sp³-hybridized carbons (Fsp3) is 0.188. The molecule has 0 spiro atoms. The average molecular weight is 318 g/mol. The van der Waals surface area contributed by atoms with Gasteiger partial charge in [0.05, 0.1) is 5.30 Å². The Balaban J connectivity index is 0.00000200. The molecule has 0 aliphatic carbocycles. The molecule has 0 aliphatic rings. The Morgan fingerprint density at radius 3 is 2.00 bits per heavy atom. The third-order valence-electron chi connectivity index (χ3n) is 3.15. The number of hydrogen-bond donors (Lipinski definition) is 0. The van der Waals surface area contributed by atoms with Gasteiger partial charge in [0.2, 0.25) is 0 Å². The normalized spacial score (nSPS) is 9.67. The molecular formula is C16H17Na2O2P. The Morgan fingerprint density at radius 1 is 0.952 bits per heavy atom. The molecule has 2 aromatic rings. The zero-order valence-electron chi connectivity index (χ0n) is 11.2. The van der Waals surface area contributed by atoms with Crippen LogP contribution >= 0.6 is 8.46 Å². The molecule has 0 bridgehead atoms. The molecule has 0 saturated carbocycles. The molecule has 0 saturated heterocycles. The van der Waals surface area contributed by atoms with Crippen molar-refractivity contribution in [2.45, 2.75) is 20.8 Å². The third kappa shape index (κ3) is 4.84. The van der Waals surface area contributed by atoms with Crippen molar-refractivity contribution in [2.24, 2.45) is 0 Å². The van der Waals surface area contributed by atoms with E-state index < -0.39 is 0 Å². The summed E-state index contributed by atoms with van der Waals surface area (Å²) in [7, 11) is -0.125. The van der Waals surface area contributed by atoms with Crippen LogP contribution in [0.25, 0.3) is 0 Å². The molecule has 2 rings (SSSR count). The van der Waals surface area contributed by atoms with Crippen LogP contribution in [0, 0.1) is 20.8 Å². The second kappa shape index (κ2) is 9.37. The van der Waals surface area contributed by atoms with Crippen LogP contribution in [0.5, 0.6) is 0 Å². The van der Waals surface area contributed by atoms with Crippen LogP contribution in [0.15, 0.2) is 36.4 Å². The molecular weight excluding hydrogens is 301 g/mol. The van der Waals surface area contributed by atoms with Gasteiger partial charge in [-0.1, -0.05) is 29.8 Å². The van der Waals surface area contributed by atoms with Gasteiger partial charge >= 0.3 is 59.1 Å². The van der Waals surface area contributed by atoms with Gasteiger partial charge in [0.1, 0.15) is 0 Å². The third-order valence-corrected chi connectivity index (χ3v) is 3.74. The van der Waals surface area contributed by atoms with E-state index in [1.54, 1.807) is 24.3 Å². The molecule has 2 aromatic carbocycles. The monoisotopic (exact) mass is 318 g/mol. The summed E-state index contributed by atoms with van der Waals surface area (Å²) < 4.78 is 11.1. The van der Waals surface area contributed by atoms with E-state index in [4.69, 9.17) is 0 Å². The summed E-state index contributed by atoms with van der Waals surface area (Å²) in [5, 5.41) is 0.534. The minimum atomic E-state index is -0.125. The average Bonchev–Trinajstić information content (AvgIpc) is 2.37. The zero-order chi connectivity index (χ0) is 14.0. The first-order valence-corrected chi connectivity index (χ1v) is 6.90. The molecule has 5 heteroatoms. The van der Waals surface area contributed by atoms with Crippen LogP contribution in [-0.2, 0) is 4.57 Å². The van der Waals surface area contributed by atoms with Gasteiger partial charge in [-0.3, -0.25) is 9.36 Å². The summed E-state index contributed by atoms with van der Waals surface area (Å²) in [5.74, 6) is -0.0612. The fourth-order valence-electron chi connectivity index (χ4n) is 2.42. The van der Waals surface area contributed by atoms with Crippen LogP contribution in [0.3, 0.4) is 0 Å². The molecule has 0 heterocycles. The van der Waals surface area contributed by atoms with E-state index in [9.17, 15) is 9.36 Å². The molecule has 0 fully saturated rings. The Hall–Kier alpha value is 0.210. The molecule has 0 amide bonds. The van der Waals surface area contributed by atoms with Gasteiger partial charge < -0.3 is 0 Å². The van der Waals surface area contributed by atoms with Gasteiger partial charge in [-0.15, -0.1) is 0 Å². The Labute approximate surface area is 171 Å². The van der Waals surface area contributed by atoms with Gasteiger partial charge in [-0.2, -0.15) is 0 Å². The van der Waals surface area contributed by atoms with Gasteiger partial charge in [0, 0.05) is 11.1 Å². The van der Waals surface area contributed by atoms with Crippen molar-refractivity contribution in [3.05, 3.63) is 64.2 Å². The van der Waals surface area contributed by atoms with Crippen LogP contribution in [0.4, 0.5) is 0 Å². The number of aryl methyl sites for hydroxylation is 3. The van der Waals surface area contributed by atoms with Crippen LogP contribution in [0.2, 0.25) is 0 Å². The predicted molar refractivity (Wildman–Crippen MR) is 92.1 cm³/mol. The van der Waals surface area contributed by atoms with E-state index in [-0.39, 0.29) is 73.4 Å². The van der Waals surface area contributed by atoms with Crippen molar-refractivity contribution in [1.29, 1.82) is 0 Å². The quantitative estimate of drug-likeness (QED) is 0.495. The van der Waals surface area contributed by atoms with Gasteiger partial charge in [-0.25, -0.2) is 0 Å². The van der Waals surface area contributed by atoms with Gasteiger partial charge in [0.15, 0.2) is 14.2 Å². The minimum absolute atomic E-state index is 0. The first kappa shape index (κ1) is 21.2. The summed E-state index contributed by atoms with van der Waals surface area (Å²) in [6, 6.07) is 11.0. The summed E-state index contributed by atoms with van der Waals surface area (Å²) in [4.78, 5) is 12.6. The van der Waals surface area contributed by atoms with Crippen molar-refractivity contribution in [3.8, 4) is 0 Å². The van der Waals surface area contributed by atoms with E-state index in [0.717, 1.165) is 16.7 Å². The summed E-state index contributed by atoms with van der Waals surface area (Å²) in [6.45, 7) is 5.88. The zero-order valence-corrected chi connectivity index (χ0v) is 12.1. The Kier molecular flexibility index (Phi) is 9.47. The number of carbonyl (C=O) groups is 1. The molecule has 21 heavy (non-hydrogen) atoms. The van der Waals surface area contributed by atoms with Crippen molar-refractivity contribution in [2.75, 3.05) is 0 Å². The molecule has 2 nitrogen and oxygen atoms in total. The van der Waals surface area contributed by atoms with Gasteiger partial charge in [-0.05, 0) is 44.0 Å². The Bertz CT molecular complexity index is 646. The molecule has 0 atom stereocenters. The molecule has 0 aromatic heterocycles.